The summed E-state index contributed by atoms with van der Waals surface area (Å²) in [5.41, 5.74) is 1.12. The summed E-state index contributed by atoms with van der Waals surface area (Å²) in [5, 5.41) is 9.54. The van der Waals surface area contributed by atoms with Gasteiger partial charge in [0.2, 0.25) is 0 Å². The monoisotopic (exact) mass is 261 g/mol. The summed E-state index contributed by atoms with van der Waals surface area (Å²) in [4.78, 5) is 13.8. The molecule has 1 saturated heterocycles. The first kappa shape index (κ1) is 14.1. The first-order valence-electron chi connectivity index (χ1n) is 7.16. The molecule has 0 aromatic heterocycles. The molecule has 2 rings (SSSR count). The minimum Gasteiger partial charge on any atom is -0.508 e. The topological polar surface area (TPSA) is 40.5 Å². The highest BCUT2D eigenvalue weighted by atomic mass is 16.3. The van der Waals surface area contributed by atoms with Crippen LogP contribution in [0.2, 0.25) is 0 Å². The molecule has 19 heavy (non-hydrogen) atoms. The Labute approximate surface area is 115 Å². The van der Waals surface area contributed by atoms with Gasteiger partial charge in [0.05, 0.1) is 0 Å². The third-order valence-corrected chi connectivity index (χ3v) is 3.82. The number of likely N-dealkylation sites (tertiary alicyclic amines) is 1. The highest BCUT2D eigenvalue weighted by Gasteiger charge is 2.22. The van der Waals surface area contributed by atoms with Crippen LogP contribution in [0.15, 0.2) is 24.3 Å². The molecule has 0 saturated carbocycles. The third-order valence-electron chi connectivity index (χ3n) is 3.82. The number of hydrogen-bond donors (Lipinski definition) is 1. The lowest BCUT2D eigenvalue weighted by molar-refractivity contribution is -0.118. The molecule has 104 valence electrons. The van der Waals surface area contributed by atoms with Crippen molar-refractivity contribution in [1.29, 1.82) is 0 Å². The number of phenolic OH excluding ortho intramolecular Hbond substituents is 1. The number of hydrogen-bond acceptors (Lipinski definition) is 3. The van der Waals surface area contributed by atoms with E-state index in [-0.39, 0.29) is 5.78 Å². The van der Waals surface area contributed by atoms with Crippen LogP contribution in [0, 0.1) is 0 Å². The van der Waals surface area contributed by atoms with E-state index in [1.54, 1.807) is 13.0 Å². The minimum atomic E-state index is 0.271. The normalized spacial score (nSPS) is 21.0. The molecular formula is C16H23NO2. The van der Waals surface area contributed by atoms with E-state index in [1.165, 1.54) is 19.3 Å². The molecular weight excluding hydrogens is 238 g/mol. The molecule has 1 aliphatic heterocycles. The molecule has 1 atom stereocenters. The summed E-state index contributed by atoms with van der Waals surface area (Å²) in [6.45, 7) is 3.55. The fourth-order valence-corrected chi connectivity index (χ4v) is 2.90. The maximum atomic E-state index is 11.4. The lowest BCUT2D eigenvalue weighted by Crippen LogP contribution is -2.35. The summed E-state index contributed by atoms with van der Waals surface area (Å²) in [7, 11) is 0. The standard InChI is InChI=1S/C16H23NO2/c1-13(18)10-15-7-3-2-4-9-17(15)12-14-6-5-8-16(19)11-14/h5-6,8,11,15,19H,2-4,7,9-10,12H2,1H3. The highest BCUT2D eigenvalue weighted by molar-refractivity contribution is 5.76. The second-order valence-corrected chi connectivity index (χ2v) is 5.55. The van der Waals surface area contributed by atoms with Gasteiger partial charge in [-0.25, -0.2) is 0 Å². The van der Waals surface area contributed by atoms with E-state index in [9.17, 15) is 9.90 Å². The molecule has 1 N–H and O–H groups in total. The van der Waals surface area contributed by atoms with Crippen LogP contribution in [-0.2, 0) is 11.3 Å². The van der Waals surface area contributed by atoms with Crippen LogP contribution < -0.4 is 0 Å². The second kappa shape index (κ2) is 6.71. The van der Waals surface area contributed by atoms with Crippen molar-refractivity contribution < 1.29 is 9.90 Å². The van der Waals surface area contributed by atoms with E-state index < -0.39 is 0 Å². The van der Waals surface area contributed by atoms with Crippen molar-refractivity contribution in [2.45, 2.75) is 51.6 Å². The third kappa shape index (κ3) is 4.35. The molecule has 0 radical (unpaired) electrons. The number of ketones is 1. The Bertz CT molecular complexity index is 431. The number of phenols is 1. The average Bonchev–Trinajstić information content (AvgIpc) is 2.55. The van der Waals surface area contributed by atoms with Crippen molar-refractivity contribution >= 4 is 5.78 Å². The maximum absolute atomic E-state index is 11.4. The van der Waals surface area contributed by atoms with Crippen LogP contribution in [0.3, 0.4) is 0 Å². The summed E-state index contributed by atoms with van der Waals surface area (Å²) in [6, 6.07) is 7.79. The quantitative estimate of drug-likeness (QED) is 0.905. The molecule has 1 heterocycles. The van der Waals surface area contributed by atoms with Gasteiger partial charge in [-0.05, 0) is 44.0 Å². The number of rotatable bonds is 4. The molecule has 3 nitrogen and oxygen atoms in total. The van der Waals surface area contributed by atoms with E-state index in [0.29, 0.717) is 18.2 Å². The zero-order valence-electron chi connectivity index (χ0n) is 11.6. The Morgan fingerprint density at radius 3 is 2.95 bits per heavy atom. The van der Waals surface area contributed by atoms with Crippen molar-refractivity contribution in [2.75, 3.05) is 6.54 Å². The van der Waals surface area contributed by atoms with Gasteiger partial charge in [0.1, 0.15) is 11.5 Å². The van der Waals surface area contributed by atoms with Crippen molar-refractivity contribution in [1.82, 2.24) is 4.90 Å². The predicted octanol–water partition coefficient (Wildman–Crippen LogP) is 3.12. The van der Waals surface area contributed by atoms with Gasteiger partial charge in [-0.3, -0.25) is 9.69 Å². The van der Waals surface area contributed by atoms with Gasteiger partial charge in [0, 0.05) is 19.0 Å². The van der Waals surface area contributed by atoms with Gasteiger partial charge in [0.25, 0.3) is 0 Å². The molecule has 0 spiro atoms. The maximum Gasteiger partial charge on any atom is 0.131 e. The minimum absolute atomic E-state index is 0.271. The van der Waals surface area contributed by atoms with E-state index in [2.05, 4.69) is 4.90 Å². The number of aromatic hydroxyl groups is 1. The fourth-order valence-electron chi connectivity index (χ4n) is 2.90. The molecule has 0 amide bonds. The van der Waals surface area contributed by atoms with Crippen LogP contribution in [0.1, 0.15) is 44.6 Å². The van der Waals surface area contributed by atoms with Crippen LogP contribution in [0.25, 0.3) is 0 Å². The Morgan fingerprint density at radius 2 is 2.21 bits per heavy atom. The fraction of sp³-hybridized carbons (Fsp3) is 0.562. The highest BCUT2D eigenvalue weighted by Crippen LogP contribution is 2.22. The van der Waals surface area contributed by atoms with Crippen molar-refractivity contribution in [3.05, 3.63) is 29.8 Å². The molecule has 1 fully saturated rings. The zero-order chi connectivity index (χ0) is 13.7. The van der Waals surface area contributed by atoms with E-state index in [4.69, 9.17) is 0 Å². The lowest BCUT2D eigenvalue weighted by Gasteiger charge is -2.29. The van der Waals surface area contributed by atoms with Crippen LogP contribution >= 0.6 is 0 Å². The van der Waals surface area contributed by atoms with Gasteiger partial charge < -0.3 is 5.11 Å². The number of carbonyl (C=O) groups is 1. The van der Waals surface area contributed by atoms with Gasteiger partial charge >= 0.3 is 0 Å². The Kier molecular flexibility index (Phi) is 4.97. The Balaban J connectivity index is 2.07. The molecule has 1 aromatic rings. The van der Waals surface area contributed by atoms with Crippen LogP contribution in [-0.4, -0.2) is 28.4 Å². The van der Waals surface area contributed by atoms with Gasteiger partial charge in [-0.1, -0.05) is 25.0 Å². The number of benzene rings is 1. The Morgan fingerprint density at radius 1 is 1.37 bits per heavy atom. The molecule has 1 unspecified atom stereocenters. The summed E-state index contributed by atoms with van der Waals surface area (Å²) in [5.74, 6) is 0.586. The van der Waals surface area contributed by atoms with E-state index in [1.807, 2.05) is 18.2 Å². The van der Waals surface area contributed by atoms with Crippen molar-refractivity contribution in [3.8, 4) is 5.75 Å². The predicted molar refractivity (Wildman–Crippen MR) is 76.1 cm³/mol. The first-order valence-corrected chi connectivity index (χ1v) is 7.16. The largest absolute Gasteiger partial charge is 0.508 e. The second-order valence-electron chi connectivity index (χ2n) is 5.55. The zero-order valence-corrected chi connectivity index (χ0v) is 11.6. The number of Topliss-reactive ketones (excluding diaryl/α,β-unsaturated/α-hetero) is 1. The van der Waals surface area contributed by atoms with Crippen LogP contribution in [0.4, 0.5) is 0 Å². The summed E-state index contributed by atoms with van der Waals surface area (Å²) < 4.78 is 0. The van der Waals surface area contributed by atoms with E-state index in [0.717, 1.165) is 25.1 Å². The van der Waals surface area contributed by atoms with Crippen LogP contribution in [0.5, 0.6) is 5.75 Å². The van der Waals surface area contributed by atoms with Gasteiger partial charge in [-0.2, -0.15) is 0 Å². The first-order chi connectivity index (χ1) is 9.15. The van der Waals surface area contributed by atoms with Crippen molar-refractivity contribution in [2.24, 2.45) is 0 Å². The molecule has 0 aliphatic carbocycles. The number of carbonyl (C=O) groups excluding carboxylic acids is 1. The van der Waals surface area contributed by atoms with Gasteiger partial charge in [0.15, 0.2) is 0 Å². The summed E-state index contributed by atoms with van der Waals surface area (Å²) >= 11 is 0. The smallest absolute Gasteiger partial charge is 0.131 e. The molecule has 3 heteroatoms. The van der Waals surface area contributed by atoms with Crippen molar-refractivity contribution in [3.63, 3.8) is 0 Å². The lowest BCUT2D eigenvalue weighted by atomic mass is 10.0. The molecule has 1 aliphatic rings. The number of nitrogens with zero attached hydrogens (tertiary/aromatic N) is 1. The summed E-state index contributed by atoms with van der Waals surface area (Å²) in [6.07, 6.45) is 5.43. The Hall–Kier alpha value is -1.35. The van der Waals surface area contributed by atoms with Gasteiger partial charge in [-0.15, -0.1) is 0 Å². The molecule has 1 aromatic carbocycles. The average molecular weight is 261 g/mol. The SMILES string of the molecule is CC(=O)CC1CCCCCN1Cc1cccc(O)c1. The van der Waals surface area contributed by atoms with E-state index >= 15 is 0 Å². The molecule has 0 bridgehead atoms.